The van der Waals surface area contributed by atoms with E-state index in [0.29, 0.717) is 5.02 Å². The van der Waals surface area contributed by atoms with Crippen LogP contribution in [-0.2, 0) is 0 Å². The van der Waals surface area contributed by atoms with Crippen molar-refractivity contribution in [3.05, 3.63) is 29.0 Å². The lowest BCUT2D eigenvalue weighted by atomic mass is 10.3. The van der Waals surface area contributed by atoms with Crippen LogP contribution in [0, 0.1) is 0 Å². The first-order valence-corrected chi connectivity index (χ1v) is 4.70. The third-order valence-electron chi connectivity index (χ3n) is 1.67. The van der Waals surface area contributed by atoms with Crippen molar-refractivity contribution >= 4 is 17.5 Å². The summed E-state index contributed by atoms with van der Waals surface area (Å²) in [5, 5.41) is 20.4. The number of aromatic nitrogens is 1. The Hall–Kier alpha value is -1.17. The largest absolute Gasteiger partial charge is 0.394 e. The number of carbonyl (C=O) groups is 1. The van der Waals surface area contributed by atoms with Crippen LogP contribution in [0.2, 0.25) is 5.02 Å². The van der Waals surface area contributed by atoms with E-state index in [2.05, 4.69) is 10.3 Å². The molecule has 0 aliphatic rings. The van der Waals surface area contributed by atoms with Gasteiger partial charge in [-0.3, -0.25) is 4.79 Å². The lowest BCUT2D eigenvalue weighted by molar-refractivity contribution is 0.0799. The molecule has 0 aliphatic carbocycles. The zero-order valence-electron chi connectivity index (χ0n) is 7.85. The van der Waals surface area contributed by atoms with Gasteiger partial charge in [-0.1, -0.05) is 11.6 Å². The number of rotatable bonds is 4. The van der Waals surface area contributed by atoms with Crippen molar-refractivity contribution in [2.45, 2.75) is 6.10 Å². The van der Waals surface area contributed by atoms with E-state index >= 15 is 0 Å². The number of aliphatic hydroxyl groups excluding tert-OH is 2. The van der Waals surface area contributed by atoms with E-state index in [0.717, 1.165) is 0 Å². The zero-order valence-corrected chi connectivity index (χ0v) is 8.61. The highest BCUT2D eigenvalue weighted by molar-refractivity contribution is 6.30. The second kappa shape index (κ2) is 5.65. The molecule has 0 saturated heterocycles. The van der Waals surface area contributed by atoms with E-state index in [4.69, 9.17) is 21.8 Å². The Bertz CT molecular complexity index is 329. The van der Waals surface area contributed by atoms with Gasteiger partial charge in [-0.15, -0.1) is 0 Å². The molecule has 82 valence electrons. The van der Waals surface area contributed by atoms with Gasteiger partial charge in [0.2, 0.25) is 0 Å². The first-order valence-electron chi connectivity index (χ1n) is 4.32. The van der Waals surface area contributed by atoms with Gasteiger partial charge in [0, 0.05) is 12.7 Å². The molecule has 15 heavy (non-hydrogen) atoms. The fraction of sp³-hybridized carbons (Fsp3) is 0.333. The molecule has 0 radical (unpaired) electrons. The highest BCUT2D eigenvalue weighted by Gasteiger charge is 2.08. The van der Waals surface area contributed by atoms with E-state index in [1.54, 1.807) is 6.07 Å². The van der Waals surface area contributed by atoms with Crippen LogP contribution in [0.5, 0.6) is 0 Å². The lowest BCUT2D eigenvalue weighted by Crippen LogP contribution is -2.34. The third kappa shape index (κ3) is 3.83. The third-order valence-corrected chi connectivity index (χ3v) is 1.89. The smallest absolute Gasteiger partial charge is 0.269 e. The highest BCUT2D eigenvalue weighted by Crippen LogP contribution is 2.05. The summed E-state index contributed by atoms with van der Waals surface area (Å²) >= 11 is 5.60. The molecule has 3 N–H and O–H groups in total. The van der Waals surface area contributed by atoms with Gasteiger partial charge in [0.05, 0.1) is 17.7 Å². The Morgan fingerprint density at radius 2 is 2.33 bits per heavy atom. The Kier molecular flexibility index (Phi) is 4.48. The van der Waals surface area contributed by atoms with Gasteiger partial charge in [0.25, 0.3) is 5.91 Å². The van der Waals surface area contributed by atoms with Crippen LogP contribution in [0.4, 0.5) is 0 Å². The van der Waals surface area contributed by atoms with E-state index in [-0.39, 0.29) is 12.2 Å². The molecule has 5 nitrogen and oxygen atoms in total. The molecule has 1 unspecified atom stereocenters. The predicted octanol–water partition coefficient (Wildman–Crippen LogP) is -0.182. The molecule has 6 heteroatoms. The van der Waals surface area contributed by atoms with E-state index < -0.39 is 18.6 Å². The van der Waals surface area contributed by atoms with Crippen LogP contribution >= 0.6 is 11.6 Å². The quantitative estimate of drug-likeness (QED) is 0.670. The Morgan fingerprint density at radius 1 is 1.60 bits per heavy atom. The maximum atomic E-state index is 11.4. The molecular formula is C9H11ClN2O3. The van der Waals surface area contributed by atoms with Crippen molar-refractivity contribution < 1.29 is 15.0 Å². The van der Waals surface area contributed by atoms with Crippen LogP contribution in [0.3, 0.4) is 0 Å². The van der Waals surface area contributed by atoms with E-state index in [1.807, 2.05) is 0 Å². The predicted molar refractivity (Wildman–Crippen MR) is 54.7 cm³/mol. The van der Waals surface area contributed by atoms with Gasteiger partial charge in [0.1, 0.15) is 5.69 Å². The van der Waals surface area contributed by atoms with Crippen molar-refractivity contribution in [3.63, 3.8) is 0 Å². The molecule has 0 spiro atoms. The molecule has 0 saturated carbocycles. The zero-order chi connectivity index (χ0) is 11.3. The number of pyridine rings is 1. The first-order chi connectivity index (χ1) is 7.13. The normalized spacial score (nSPS) is 12.2. The molecule has 1 amide bonds. The Balaban J connectivity index is 2.50. The molecule has 1 atom stereocenters. The fourth-order valence-corrected chi connectivity index (χ4v) is 0.988. The number of amides is 1. The van der Waals surface area contributed by atoms with Crippen LogP contribution in [0.15, 0.2) is 18.3 Å². The SMILES string of the molecule is O=C(NCC(O)CO)c1ccc(Cl)cn1. The molecule has 1 aromatic heterocycles. The van der Waals surface area contributed by atoms with Crippen molar-refractivity contribution in [2.24, 2.45) is 0 Å². The number of hydrogen-bond acceptors (Lipinski definition) is 4. The summed E-state index contributed by atoms with van der Waals surface area (Å²) in [6.45, 7) is -0.409. The van der Waals surface area contributed by atoms with Crippen LogP contribution in [0.25, 0.3) is 0 Å². The topological polar surface area (TPSA) is 82.5 Å². The Morgan fingerprint density at radius 3 is 2.87 bits per heavy atom. The molecule has 1 aromatic rings. The molecule has 1 rings (SSSR count). The molecular weight excluding hydrogens is 220 g/mol. The molecule has 0 aromatic carbocycles. The van der Waals surface area contributed by atoms with Crippen molar-refractivity contribution in [2.75, 3.05) is 13.2 Å². The number of halogens is 1. The van der Waals surface area contributed by atoms with Gasteiger partial charge < -0.3 is 15.5 Å². The Labute approximate surface area is 91.7 Å². The number of hydrogen-bond donors (Lipinski definition) is 3. The summed E-state index contributed by atoms with van der Waals surface area (Å²) < 4.78 is 0. The minimum atomic E-state index is -0.957. The minimum absolute atomic E-state index is 0.0142. The summed E-state index contributed by atoms with van der Waals surface area (Å²) in [5.74, 6) is -0.417. The van der Waals surface area contributed by atoms with Crippen LogP contribution in [-0.4, -0.2) is 40.4 Å². The number of aliphatic hydroxyl groups is 2. The number of nitrogens with one attached hydrogen (secondary N) is 1. The molecule has 0 fully saturated rings. The number of carbonyl (C=O) groups excluding carboxylic acids is 1. The van der Waals surface area contributed by atoms with E-state index in [9.17, 15) is 4.79 Å². The monoisotopic (exact) mass is 230 g/mol. The van der Waals surface area contributed by atoms with Crippen LogP contribution < -0.4 is 5.32 Å². The standard InChI is InChI=1S/C9H11ClN2O3/c10-6-1-2-8(11-3-6)9(15)12-4-7(14)5-13/h1-3,7,13-14H,4-5H2,(H,12,15). The van der Waals surface area contributed by atoms with Crippen LogP contribution in [0.1, 0.15) is 10.5 Å². The minimum Gasteiger partial charge on any atom is -0.394 e. The van der Waals surface area contributed by atoms with Crippen molar-refractivity contribution in [1.82, 2.24) is 10.3 Å². The van der Waals surface area contributed by atoms with Gasteiger partial charge >= 0.3 is 0 Å². The van der Waals surface area contributed by atoms with Crippen molar-refractivity contribution in [1.29, 1.82) is 0 Å². The van der Waals surface area contributed by atoms with Gasteiger partial charge in [-0.25, -0.2) is 4.98 Å². The average Bonchev–Trinajstić information content (AvgIpc) is 2.26. The lowest BCUT2D eigenvalue weighted by Gasteiger charge is -2.08. The number of nitrogens with zero attached hydrogens (tertiary/aromatic N) is 1. The second-order valence-corrected chi connectivity index (χ2v) is 3.34. The molecule has 0 aliphatic heterocycles. The summed E-state index contributed by atoms with van der Waals surface area (Å²) in [7, 11) is 0. The van der Waals surface area contributed by atoms with E-state index in [1.165, 1.54) is 12.3 Å². The summed E-state index contributed by atoms with van der Waals surface area (Å²) in [4.78, 5) is 15.2. The average molecular weight is 231 g/mol. The highest BCUT2D eigenvalue weighted by atomic mass is 35.5. The molecule has 1 heterocycles. The van der Waals surface area contributed by atoms with Gasteiger partial charge in [-0.05, 0) is 12.1 Å². The van der Waals surface area contributed by atoms with Gasteiger partial charge in [0.15, 0.2) is 0 Å². The maximum Gasteiger partial charge on any atom is 0.269 e. The maximum absolute atomic E-state index is 11.4. The summed E-state index contributed by atoms with van der Waals surface area (Å²) in [6.07, 6.45) is 0.403. The first kappa shape index (κ1) is 11.9. The molecule has 0 bridgehead atoms. The summed E-state index contributed by atoms with van der Waals surface area (Å²) in [5.41, 5.74) is 0.213. The second-order valence-electron chi connectivity index (χ2n) is 2.91. The van der Waals surface area contributed by atoms with Gasteiger partial charge in [-0.2, -0.15) is 0 Å². The summed E-state index contributed by atoms with van der Waals surface area (Å²) in [6, 6.07) is 3.02. The fourth-order valence-electron chi connectivity index (χ4n) is 0.876. The van der Waals surface area contributed by atoms with Crippen molar-refractivity contribution in [3.8, 4) is 0 Å².